The fourth-order valence-corrected chi connectivity index (χ4v) is 2.25. The first-order valence-corrected chi connectivity index (χ1v) is 6.73. The lowest BCUT2D eigenvalue weighted by Crippen LogP contribution is -2.36. The maximum absolute atomic E-state index is 5.51. The summed E-state index contributed by atoms with van der Waals surface area (Å²) in [5, 5.41) is 3.46. The Bertz CT molecular complexity index is 504. The fraction of sp³-hybridized carbons (Fsp3) is 0.400. The van der Waals surface area contributed by atoms with Crippen LogP contribution in [0.5, 0.6) is 0 Å². The van der Waals surface area contributed by atoms with Crippen molar-refractivity contribution in [3.8, 4) is 11.5 Å². The van der Waals surface area contributed by atoms with E-state index in [9.17, 15) is 0 Å². The van der Waals surface area contributed by atoms with Crippen molar-refractivity contribution in [2.75, 3.05) is 13.2 Å². The van der Waals surface area contributed by atoms with Crippen molar-refractivity contribution >= 4 is 0 Å². The third-order valence-corrected chi connectivity index (χ3v) is 3.30. The summed E-state index contributed by atoms with van der Waals surface area (Å²) in [6.45, 7) is 2.41. The summed E-state index contributed by atoms with van der Waals surface area (Å²) in [6.07, 6.45) is 4.02. The zero-order valence-corrected chi connectivity index (χ0v) is 10.8. The van der Waals surface area contributed by atoms with Crippen LogP contribution >= 0.6 is 0 Å². The number of oxazole rings is 1. The second-order valence-corrected chi connectivity index (χ2v) is 4.80. The minimum absolute atomic E-state index is 0.436. The first-order valence-electron chi connectivity index (χ1n) is 6.73. The van der Waals surface area contributed by atoms with Crippen molar-refractivity contribution in [1.82, 2.24) is 10.3 Å². The summed E-state index contributed by atoms with van der Waals surface area (Å²) >= 11 is 0. The molecule has 4 heteroatoms. The lowest BCUT2D eigenvalue weighted by molar-refractivity contribution is 0.0698. The zero-order chi connectivity index (χ0) is 12.9. The summed E-state index contributed by atoms with van der Waals surface area (Å²) in [6, 6.07) is 10.4. The Hall–Kier alpha value is -1.65. The molecule has 1 aliphatic heterocycles. The Morgan fingerprint density at radius 3 is 2.95 bits per heavy atom. The molecule has 1 unspecified atom stereocenters. The van der Waals surface area contributed by atoms with Crippen LogP contribution in [0.4, 0.5) is 0 Å². The predicted octanol–water partition coefficient (Wildman–Crippen LogP) is 2.61. The molecule has 0 radical (unpaired) electrons. The SMILES string of the molecule is c1ccc(-c2nc(CNC3CCCOC3)co2)cc1. The first kappa shape index (κ1) is 12.4. The van der Waals surface area contributed by atoms with Crippen LogP contribution in [0.15, 0.2) is 41.0 Å². The van der Waals surface area contributed by atoms with Crippen LogP contribution in [0.25, 0.3) is 11.5 Å². The number of rotatable bonds is 4. The van der Waals surface area contributed by atoms with E-state index in [4.69, 9.17) is 9.15 Å². The molecule has 1 aliphatic rings. The maximum atomic E-state index is 5.51. The molecule has 0 bridgehead atoms. The monoisotopic (exact) mass is 258 g/mol. The van der Waals surface area contributed by atoms with Gasteiger partial charge in [-0.15, -0.1) is 0 Å². The van der Waals surface area contributed by atoms with Gasteiger partial charge in [0.05, 0.1) is 12.3 Å². The Morgan fingerprint density at radius 1 is 1.26 bits per heavy atom. The molecule has 4 nitrogen and oxygen atoms in total. The molecule has 0 saturated carbocycles. The number of nitrogens with zero attached hydrogens (tertiary/aromatic N) is 1. The van der Waals surface area contributed by atoms with Crippen LogP contribution in [-0.2, 0) is 11.3 Å². The molecule has 19 heavy (non-hydrogen) atoms. The average Bonchev–Trinajstić information content (AvgIpc) is 2.96. The van der Waals surface area contributed by atoms with E-state index in [0.29, 0.717) is 11.9 Å². The van der Waals surface area contributed by atoms with Gasteiger partial charge in [-0.25, -0.2) is 4.98 Å². The van der Waals surface area contributed by atoms with Crippen LogP contribution in [0.1, 0.15) is 18.5 Å². The highest BCUT2D eigenvalue weighted by Crippen LogP contribution is 2.18. The number of hydrogen-bond acceptors (Lipinski definition) is 4. The third-order valence-electron chi connectivity index (χ3n) is 3.30. The van der Waals surface area contributed by atoms with Gasteiger partial charge in [-0.3, -0.25) is 0 Å². The Kier molecular flexibility index (Phi) is 3.91. The van der Waals surface area contributed by atoms with Crippen molar-refractivity contribution in [3.05, 3.63) is 42.3 Å². The van der Waals surface area contributed by atoms with Crippen molar-refractivity contribution in [3.63, 3.8) is 0 Å². The van der Waals surface area contributed by atoms with Crippen LogP contribution in [0, 0.1) is 0 Å². The molecule has 0 amide bonds. The second-order valence-electron chi connectivity index (χ2n) is 4.80. The molecule has 2 heterocycles. The zero-order valence-electron chi connectivity index (χ0n) is 10.8. The molecule has 100 valence electrons. The van der Waals surface area contributed by atoms with Gasteiger partial charge in [-0.05, 0) is 25.0 Å². The van der Waals surface area contributed by atoms with E-state index in [-0.39, 0.29) is 0 Å². The summed E-state index contributed by atoms with van der Waals surface area (Å²) in [4.78, 5) is 4.49. The molecule has 1 N–H and O–H groups in total. The molecule has 1 saturated heterocycles. The van der Waals surface area contributed by atoms with Crippen LogP contribution < -0.4 is 5.32 Å². The van der Waals surface area contributed by atoms with Crippen LogP contribution in [0.2, 0.25) is 0 Å². The minimum atomic E-state index is 0.436. The standard InChI is InChI=1S/C15H18N2O2/c1-2-5-12(6-3-1)15-17-14(11-19-15)9-16-13-7-4-8-18-10-13/h1-3,5-6,11,13,16H,4,7-10H2. The third kappa shape index (κ3) is 3.22. The normalized spacial score (nSPS) is 19.5. The number of nitrogens with one attached hydrogen (secondary N) is 1. The molecule has 1 atom stereocenters. The molecule has 1 fully saturated rings. The van der Waals surface area contributed by atoms with Gasteiger partial charge in [0.1, 0.15) is 6.26 Å². The van der Waals surface area contributed by atoms with E-state index in [1.807, 2.05) is 30.3 Å². The van der Waals surface area contributed by atoms with Crippen molar-refractivity contribution in [1.29, 1.82) is 0 Å². The molecule has 1 aromatic heterocycles. The van der Waals surface area contributed by atoms with E-state index in [0.717, 1.165) is 37.4 Å². The maximum Gasteiger partial charge on any atom is 0.226 e. The highest BCUT2D eigenvalue weighted by Gasteiger charge is 2.14. The van der Waals surface area contributed by atoms with E-state index >= 15 is 0 Å². The quantitative estimate of drug-likeness (QED) is 0.915. The number of benzene rings is 1. The van der Waals surface area contributed by atoms with E-state index < -0.39 is 0 Å². The van der Waals surface area contributed by atoms with Crippen LogP contribution in [0.3, 0.4) is 0 Å². The fourth-order valence-electron chi connectivity index (χ4n) is 2.25. The van der Waals surface area contributed by atoms with Gasteiger partial charge in [0.15, 0.2) is 0 Å². The lowest BCUT2D eigenvalue weighted by Gasteiger charge is -2.22. The second kappa shape index (κ2) is 5.99. The smallest absolute Gasteiger partial charge is 0.226 e. The molecule has 2 aromatic rings. The highest BCUT2D eigenvalue weighted by atomic mass is 16.5. The van der Waals surface area contributed by atoms with Gasteiger partial charge < -0.3 is 14.5 Å². The summed E-state index contributed by atoms with van der Waals surface area (Å²) in [5.41, 5.74) is 1.94. The Morgan fingerprint density at radius 2 is 2.16 bits per heavy atom. The summed E-state index contributed by atoms with van der Waals surface area (Å²) in [7, 11) is 0. The largest absolute Gasteiger partial charge is 0.444 e. The first-order chi connectivity index (χ1) is 9.42. The van der Waals surface area contributed by atoms with Gasteiger partial charge in [0.2, 0.25) is 5.89 Å². The van der Waals surface area contributed by atoms with Gasteiger partial charge in [-0.2, -0.15) is 0 Å². The highest BCUT2D eigenvalue weighted by molar-refractivity contribution is 5.52. The number of ether oxygens (including phenoxy) is 1. The van der Waals surface area contributed by atoms with Crippen LogP contribution in [-0.4, -0.2) is 24.2 Å². The van der Waals surface area contributed by atoms with Crippen molar-refractivity contribution < 1.29 is 9.15 Å². The van der Waals surface area contributed by atoms with Crippen molar-refractivity contribution in [2.45, 2.75) is 25.4 Å². The topological polar surface area (TPSA) is 47.3 Å². The summed E-state index contributed by atoms with van der Waals surface area (Å²) < 4.78 is 10.9. The van der Waals surface area contributed by atoms with E-state index in [1.54, 1.807) is 6.26 Å². The Labute approximate surface area is 112 Å². The molecule has 0 spiro atoms. The van der Waals surface area contributed by atoms with Gasteiger partial charge in [0.25, 0.3) is 0 Å². The molecule has 0 aliphatic carbocycles. The van der Waals surface area contributed by atoms with Gasteiger partial charge in [-0.1, -0.05) is 18.2 Å². The average molecular weight is 258 g/mol. The summed E-state index contributed by atoms with van der Waals surface area (Å²) in [5.74, 6) is 0.678. The number of hydrogen-bond donors (Lipinski definition) is 1. The minimum Gasteiger partial charge on any atom is -0.444 e. The molecule has 3 rings (SSSR count). The van der Waals surface area contributed by atoms with E-state index in [2.05, 4.69) is 10.3 Å². The van der Waals surface area contributed by atoms with E-state index in [1.165, 1.54) is 6.42 Å². The molecule has 1 aromatic carbocycles. The lowest BCUT2D eigenvalue weighted by atomic mass is 10.1. The predicted molar refractivity (Wildman–Crippen MR) is 72.6 cm³/mol. The van der Waals surface area contributed by atoms with Crippen molar-refractivity contribution in [2.24, 2.45) is 0 Å². The molecular formula is C15H18N2O2. The number of aromatic nitrogens is 1. The van der Waals surface area contributed by atoms with Gasteiger partial charge in [0, 0.05) is 24.8 Å². The molecular weight excluding hydrogens is 240 g/mol. The Balaban J connectivity index is 1.59. The van der Waals surface area contributed by atoms with Gasteiger partial charge >= 0.3 is 0 Å².